The van der Waals surface area contributed by atoms with Gasteiger partial charge in [0.1, 0.15) is 11.2 Å². The molecule has 1 amide bonds. The molecular formula is C14H25NO3. The molecule has 2 atom stereocenters. The Morgan fingerprint density at radius 3 is 2.61 bits per heavy atom. The summed E-state index contributed by atoms with van der Waals surface area (Å²) in [7, 11) is 0. The minimum atomic E-state index is -0.428. The molecule has 2 saturated heterocycles. The second kappa shape index (κ2) is 4.72. The lowest BCUT2D eigenvalue weighted by atomic mass is 9.89. The van der Waals surface area contributed by atoms with Gasteiger partial charge in [-0.25, -0.2) is 4.79 Å². The lowest BCUT2D eigenvalue weighted by molar-refractivity contribution is -0.00357. The van der Waals surface area contributed by atoms with Gasteiger partial charge in [0.2, 0.25) is 0 Å². The number of rotatable bonds is 2. The first kappa shape index (κ1) is 13.7. The summed E-state index contributed by atoms with van der Waals surface area (Å²) in [4.78, 5) is 14.2. The van der Waals surface area contributed by atoms with E-state index in [1.165, 1.54) is 6.42 Å². The van der Waals surface area contributed by atoms with Crippen molar-refractivity contribution in [2.75, 3.05) is 13.2 Å². The van der Waals surface area contributed by atoms with E-state index in [2.05, 4.69) is 6.92 Å². The average Bonchev–Trinajstić information content (AvgIpc) is 3.07. The van der Waals surface area contributed by atoms with Gasteiger partial charge in [-0.2, -0.15) is 0 Å². The highest BCUT2D eigenvalue weighted by Crippen LogP contribution is 2.41. The van der Waals surface area contributed by atoms with Crippen molar-refractivity contribution < 1.29 is 14.3 Å². The van der Waals surface area contributed by atoms with Gasteiger partial charge < -0.3 is 14.4 Å². The van der Waals surface area contributed by atoms with Gasteiger partial charge in [-0.3, -0.25) is 0 Å². The van der Waals surface area contributed by atoms with Crippen molar-refractivity contribution in [1.29, 1.82) is 0 Å². The van der Waals surface area contributed by atoms with E-state index in [4.69, 9.17) is 9.47 Å². The van der Waals surface area contributed by atoms with Gasteiger partial charge in [0.05, 0.1) is 12.6 Å². The molecule has 0 spiro atoms. The predicted octanol–water partition coefficient (Wildman–Crippen LogP) is 2.96. The molecule has 18 heavy (non-hydrogen) atoms. The Morgan fingerprint density at radius 2 is 2.11 bits per heavy atom. The van der Waals surface area contributed by atoms with E-state index in [0.717, 1.165) is 32.4 Å². The van der Waals surface area contributed by atoms with Crippen LogP contribution < -0.4 is 0 Å². The molecule has 4 nitrogen and oxygen atoms in total. The van der Waals surface area contributed by atoms with E-state index >= 15 is 0 Å². The number of hydrogen-bond donors (Lipinski definition) is 0. The second-order valence-electron chi connectivity index (χ2n) is 6.39. The number of hydrogen-bond acceptors (Lipinski definition) is 3. The van der Waals surface area contributed by atoms with Crippen LogP contribution in [0, 0.1) is 0 Å². The molecule has 0 aromatic carbocycles. The van der Waals surface area contributed by atoms with Crippen LogP contribution in [0.3, 0.4) is 0 Å². The zero-order valence-electron chi connectivity index (χ0n) is 12.0. The fourth-order valence-corrected chi connectivity index (χ4v) is 2.74. The summed E-state index contributed by atoms with van der Waals surface area (Å²) in [6.07, 6.45) is 4.06. The van der Waals surface area contributed by atoms with E-state index < -0.39 is 5.60 Å². The summed E-state index contributed by atoms with van der Waals surface area (Å²) in [5, 5.41) is 0. The average molecular weight is 255 g/mol. The second-order valence-corrected chi connectivity index (χ2v) is 6.39. The van der Waals surface area contributed by atoms with Crippen LogP contribution in [0.5, 0.6) is 0 Å². The van der Waals surface area contributed by atoms with Crippen LogP contribution in [0.2, 0.25) is 0 Å². The first-order valence-corrected chi connectivity index (χ1v) is 7.01. The van der Waals surface area contributed by atoms with Gasteiger partial charge in [0.15, 0.2) is 0 Å². The topological polar surface area (TPSA) is 42.1 Å². The van der Waals surface area contributed by atoms with E-state index in [1.54, 1.807) is 0 Å². The molecule has 0 aromatic rings. The summed E-state index contributed by atoms with van der Waals surface area (Å²) in [5.41, 5.74) is -0.514. The Hall–Kier alpha value is -0.770. The number of piperidine rings is 1. The number of likely N-dealkylation sites (tertiary alicyclic amines) is 1. The molecule has 4 heteroatoms. The maximum atomic E-state index is 12.3. The monoisotopic (exact) mass is 255 g/mol. The molecule has 0 aromatic heterocycles. The highest BCUT2D eigenvalue weighted by Gasteiger charge is 2.54. The number of epoxide rings is 1. The summed E-state index contributed by atoms with van der Waals surface area (Å²) in [6, 6.07) is 0.200. The van der Waals surface area contributed by atoms with Crippen LogP contribution in [-0.2, 0) is 9.47 Å². The van der Waals surface area contributed by atoms with Crippen LogP contribution in [0.4, 0.5) is 4.79 Å². The third-order valence-corrected chi connectivity index (χ3v) is 3.85. The first-order chi connectivity index (χ1) is 8.38. The maximum Gasteiger partial charge on any atom is 0.410 e. The molecule has 0 aliphatic carbocycles. The van der Waals surface area contributed by atoms with Gasteiger partial charge in [-0.05, 0) is 46.5 Å². The number of carbonyl (C=O) groups is 1. The lowest BCUT2D eigenvalue weighted by Crippen LogP contribution is -2.52. The first-order valence-electron chi connectivity index (χ1n) is 7.01. The van der Waals surface area contributed by atoms with Crippen LogP contribution in [0.15, 0.2) is 0 Å². The van der Waals surface area contributed by atoms with Crippen LogP contribution in [0.1, 0.15) is 53.4 Å². The van der Waals surface area contributed by atoms with Gasteiger partial charge in [-0.1, -0.05) is 6.92 Å². The van der Waals surface area contributed by atoms with Crippen LogP contribution >= 0.6 is 0 Å². The molecule has 0 saturated carbocycles. The minimum absolute atomic E-state index is 0.0860. The Labute approximate surface area is 110 Å². The molecule has 2 heterocycles. The van der Waals surface area contributed by atoms with E-state index in [0.29, 0.717) is 0 Å². The predicted molar refractivity (Wildman–Crippen MR) is 69.6 cm³/mol. The smallest absolute Gasteiger partial charge is 0.410 e. The number of nitrogens with zero attached hydrogens (tertiary/aromatic N) is 1. The summed E-state index contributed by atoms with van der Waals surface area (Å²) >= 11 is 0. The van der Waals surface area contributed by atoms with Crippen molar-refractivity contribution in [3.05, 3.63) is 0 Å². The van der Waals surface area contributed by atoms with Gasteiger partial charge >= 0.3 is 6.09 Å². The standard InChI is InChI=1S/C14H25NO3/c1-5-14(10-17-14)11-8-6-7-9-15(11)12(16)18-13(2,3)4/h11H,5-10H2,1-4H3/t11-,14-/m1/s1. The SMILES string of the molecule is CC[C@]1([C@H]2CCCCN2C(=O)OC(C)(C)C)CO1. The summed E-state index contributed by atoms with van der Waals surface area (Å²) < 4.78 is 11.2. The largest absolute Gasteiger partial charge is 0.444 e. The molecule has 0 bridgehead atoms. The normalized spacial score (nSPS) is 32.2. The van der Waals surface area contributed by atoms with E-state index in [-0.39, 0.29) is 17.7 Å². The third kappa shape index (κ3) is 2.79. The highest BCUT2D eigenvalue weighted by molar-refractivity contribution is 5.69. The van der Waals surface area contributed by atoms with Crippen LogP contribution in [0.25, 0.3) is 0 Å². The third-order valence-electron chi connectivity index (χ3n) is 3.85. The van der Waals surface area contributed by atoms with Crippen molar-refractivity contribution in [3.63, 3.8) is 0 Å². The molecule has 0 N–H and O–H groups in total. The van der Waals surface area contributed by atoms with Crippen LogP contribution in [-0.4, -0.2) is 41.4 Å². The molecule has 2 aliphatic rings. The Morgan fingerprint density at radius 1 is 1.44 bits per heavy atom. The van der Waals surface area contributed by atoms with Crippen molar-refractivity contribution in [3.8, 4) is 0 Å². The zero-order chi connectivity index (χ0) is 13.4. The number of carbonyl (C=O) groups excluding carboxylic acids is 1. The summed E-state index contributed by atoms with van der Waals surface area (Å²) in [5.74, 6) is 0. The molecule has 2 aliphatic heterocycles. The van der Waals surface area contributed by atoms with Crippen molar-refractivity contribution in [2.24, 2.45) is 0 Å². The van der Waals surface area contributed by atoms with Gasteiger partial charge in [0, 0.05) is 6.54 Å². The van der Waals surface area contributed by atoms with E-state index in [9.17, 15) is 4.79 Å². The fraction of sp³-hybridized carbons (Fsp3) is 0.929. The quantitative estimate of drug-likeness (QED) is 0.712. The highest BCUT2D eigenvalue weighted by atomic mass is 16.6. The summed E-state index contributed by atoms with van der Waals surface area (Å²) in [6.45, 7) is 9.44. The molecule has 104 valence electrons. The van der Waals surface area contributed by atoms with Crippen molar-refractivity contribution in [2.45, 2.75) is 70.6 Å². The zero-order valence-corrected chi connectivity index (χ0v) is 12.0. The number of amides is 1. The van der Waals surface area contributed by atoms with Gasteiger partial charge in [0.25, 0.3) is 0 Å². The lowest BCUT2D eigenvalue weighted by Gasteiger charge is -2.39. The molecule has 0 unspecified atom stereocenters. The Kier molecular flexibility index (Phi) is 3.58. The Bertz CT molecular complexity index is 317. The molecule has 2 fully saturated rings. The van der Waals surface area contributed by atoms with Crippen molar-refractivity contribution >= 4 is 6.09 Å². The van der Waals surface area contributed by atoms with E-state index in [1.807, 2.05) is 25.7 Å². The maximum absolute atomic E-state index is 12.3. The molecule has 0 radical (unpaired) electrons. The molecule has 2 rings (SSSR count). The number of ether oxygens (including phenoxy) is 2. The van der Waals surface area contributed by atoms with Gasteiger partial charge in [-0.15, -0.1) is 0 Å². The molecular weight excluding hydrogens is 230 g/mol. The fourth-order valence-electron chi connectivity index (χ4n) is 2.74. The van der Waals surface area contributed by atoms with Crippen molar-refractivity contribution in [1.82, 2.24) is 4.90 Å². The Balaban J connectivity index is 2.06. The minimum Gasteiger partial charge on any atom is -0.444 e.